The molecule has 6 aromatic rings. The SMILES string of the molecule is COc1cc(OCc2cccc(-c3ccc(CCOC4CCCCO4)cn3)c2)c2cc(-c3cn4cc(OC)sc4n3)oc2c1. The second-order valence-electron chi connectivity index (χ2n) is 10.7. The Morgan fingerprint density at radius 1 is 0.977 bits per heavy atom. The average molecular weight is 612 g/mol. The van der Waals surface area contributed by atoms with Gasteiger partial charge in [0.15, 0.2) is 22.1 Å². The molecule has 226 valence electrons. The molecule has 2 aromatic carbocycles. The fraction of sp³-hybridized carbons (Fsp3) is 0.294. The van der Waals surface area contributed by atoms with Gasteiger partial charge < -0.3 is 28.1 Å². The number of ether oxygens (including phenoxy) is 5. The van der Waals surface area contributed by atoms with Crippen LogP contribution < -0.4 is 14.2 Å². The minimum absolute atomic E-state index is 0.0660. The van der Waals surface area contributed by atoms with Crippen LogP contribution in [0, 0.1) is 0 Å². The van der Waals surface area contributed by atoms with Crippen molar-refractivity contribution in [3.8, 4) is 39.3 Å². The molecule has 1 aliphatic rings. The summed E-state index contributed by atoms with van der Waals surface area (Å²) in [5, 5.41) is 1.65. The topological polar surface area (TPSA) is 89.5 Å². The lowest BCUT2D eigenvalue weighted by atomic mass is 10.1. The fourth-order valence-electron chi connectivity index (χ4n) is 5.31. The number of hydrogen-bond acceptors (Lipinski definition) is 9. The highest BCUT2D eigenvalue weighted by molar-refractivity contribution is 7.18. The molecule has 5 heterocycles. The van der Waals surface area contributed by atoms with Crippen molar-refractivity contribution in [2.75, 3.05) is 27.4 Å². The van der Waals surface area contributed by atoms with E-state index in [1.807, 2.05) is 53.3 Å². The maximum atomic E-state index is 6.35. The molecule has 4 aromatic heterocycles. The molecule has 0 N–H and O–H groups in total. The van der Waals surface area contributed by atoms with Crippen molar-refractivity contribution in [2.24, 2.45) is 0 Å². The molecule has 1 saturated heterocycles. The summed E-state index contributed by atoms with van der Waals surface area (Å²) in [6.45, 7) is 1.79. The Kier molecular flexibility index (Phi) is 8.19. The number of pyridine rings is 1. The first-order valence-corrected chi connectivity index (χ1v) is 15.5. The molecular formula is C34H33N3O6S. The lowest BCUT2D eigenvalue weighted by Gasteiger charge is -2.22. The summed E-state index contributed by atoms with van der Waals surface area (Å²) in [6, 6.07) is 18.1. The molecule has 0 radical (unpaired) electrons. The highest BCUT2D eigenvalue weighted by Crippen LogP contribution is 2.38. The van der Waals surface area contributed by atoms with E-state index in [9.17, 15) is 0 Å². The minimum atomic E-state index is -0.0660. The normalized spacial score (nSPS) is 15.2. The lowest BCUT2D eigenvalue weighted by Crippen LogP contribution is -2.23. The van der Waals surface area contributed by atoms with Crippen molar-refractivity contribution >= 4 is 27.3 Å². The number of aromatic nitrogens is 3. The van der Waals surface area contributed by atoms with Gasteiger partial charge in [0.05, 0.1) is 38.1 Å². The van der Waals surface area contributed by atoms with Crippen LogP contribution in [0.15, 0.2) is 77.6 Å². The maximum absolute atomic E-state index is 6.35. The highest BCUT2D eigenvalue weighted by atomic mass is 32.1. The standard InChI is InChI=1S/C34H33N3O6S/c1-38-25-15-29(26-17-31(43-30(26)16-25)28-19-37-20-33(39-2)44-34(37)36-28)42-21-23-6-5-7-24(14-23)27-10-9-22(18-35-27)11-13-41-32-8-3-4-12-40-32/h5-7,9-10,14-20,32H,3-4,8,11-13,21H2,1-2H3. The molecule has 7 rings (SSSR count). The molecule has 1 aliphatic heterocycles. The third-order valence-electron chi connectivity index (χ3n) is 7.67. The molecule has 0 amide bonds. The number of thiazole rings is 1. The van der Waals surface area contributed by atoms with Crippen LogP contribution in [0.25, 0.3) is 38.6 Å². The Bertz CT molecular complexity index is 1840. The number of methoxy groups -OCH3 is 2. The number of benzene rings is 2. The third-order valence-corrected chi connectivity index (χ3v) is 8.63. The van der Waals surface area contributed by atoms with Crippen molar-refractivity contribution in [3.05, 3.63) is 84.3 Å². The molecule has 10 heteroatoms. The van der Waals surface area contributed by atoms with Crippen molar-refractivity contribution in [3.63, 3.8) is 0 Å². The predicted molar refractivity (Wildman–Crippen MR) is 169 cm³/mol. The fourth-order valence-corrected chi connectivity index (χ4v) is 6.09. The van der Waals surface area contributed by atoms with Crippen LogP contribution in [0.4, 0.5) is 0 Å². The zero-order valence-electron chi connectivity index (χ0n) is 24.7. The summed E-state index contributed by atoms with van der Waals surface area (Å²) in [6.07, 6.45) is 9.76. The summed E-state index contributed by atoms with van der Waals surface area (Å²) in [5.41, 5.74) is 5.50. The molecule has 1 unspecified atom stereocenters. The zero-order chi connectivity index (χ0) is 29.9. The summed E-state index contributed by atoms with van der Waals surface area (Å²) in [4.78, 5) is 10.3. The van der Waals surface area contributed by atoms with Crippen LogP contribution in [0.2, 0.25) is 0 Å². The lowest BCUT2D eigenvalue weighted by molar-refractivity contribution is -0.161. The van der Waals surface area contributed by atoms with Crippen LogP contribution in [0.1, 0.15) is 30.4 Å². The minimum Gasteiger partial charge on any atom is -0.496 e. The molecule has 0 bridgehead atoms. The van der Waals surface area contributed by atoms with Crippen LogP contribution in [-0.2, 0) is 22.5 Å². The van der Waals surface area contributed by atoms with Crippen LogP contribution >= 0.6 is 11.3 Å². The largest absolute Gasteiger partial charge is 0.496 e. The van der Waals surface area contributed by atoms with Crippen molar-refractivity contribution in [2.45, 2.75) is 38.6 Å². The molecule has 0 saturated carbocycles. The summed E-state index contributed by atoms with van der Waals surface area (Å²) < 4.78 is 36.9. The Hall–Kier alpha value is -4.38. The van der Waals surface area contributed by atoms with E-state index in [0.29, 0.717) is 36.1 Å². The van der Waals surface area contributed by atoms with Gasteiger partial charge in [0.25, 0.3) is 0 Å². The van der Waals surface area contributed by atoms with Gasteiger partial charge in [0, 0.05) is 36.7 Å². The second-order valence-corrected chi connectivity index (χ2v) is 11.6. The Labute approximate surface area is 258 Å². The highest BCUT2D eigenvalue weighted by Gasteiger charge is 2.17. The monoisotopic (exact) mass is 611 g/mol. The van der Waals surface area contributed by atoms with E-state index in [2.05, 4.69) is 24.3 Å². The number of rotatable bonds is 11. The van der Waals surface area contributed by atoms with Gasteiger partial charge in [-0.2, -0.15) is 0 Å². The van der Waals surface area contributed by atoms with Crippen LogP contribution in [0.3, 0.4) is 0 Å². The molecule has 44 heavy (non-hydrogen) atoms. The number of nitrogens with zero attached hydrogens (tertiary/aromatic N) is 3. The molecule has 0 spiro atoms. The van der Waals surface area contributed by atoms with E-state index in [0.717, 1.165) is 69.4 Å². The number of fused-ring (bicyclic) bond motifs is 2. The number of imidazole rings is 1. The molecule has 0 aliphatic carbocycles. The first kappa shape index (κ1) is 28.4. The molecular weight excluding hydrogens is 578 g/mol. The van der Waals surface area contributed by atoms with Gasteiger partial charge in [-0.05, 0) is 55.0 Å². The first-order chi connectivity index (χ1) is 21.6. The Morgan fingerprint density at radius 2 is 1.93 bits per heavy atom. The Morgan fingerprint density at radius 3 is 2.73 bits per heavy atom. The summed E-state index contributed by atoms with van der Waals surface area (Å²) >= 11 is 1.47. The van der Waals surface area contributed by atoms with Gasteiger partial charge in [0.1, 0.15) is 29.4 Å². The smallest absolute Gasteiger partial charge is 0.197 e. The Balaban J connectivity index is 1.04. The van der Waals surface area contributed by atoms with Gasteiger partial charge in [-0.25, -0.2) is 4.98 Å². The van der Waals surface area contributed by atoms with Gasteiger partial charge in [-0.3, -0.25) is 9.38 Å². The van der Waals surface area contributed by atoms with Crippen LogP contribution in [-0.4, -0.2) is 48.1 Å². The average Bonchev–Trinajstić information content (AvgIpc) is 3.78. The van der Waals surface area contributed by atoms with E-state index in [1.165, 1.54) is 17.8 Å². The predicted octanol–water partition coefficient (Wildman–Crippen LogP) is 7.55. The van der Waals surface area contributed by atoms with Crippen molar-refractivity contribution in [1.82, 2.24) is 14.4 Å². The molecule has 9 nitrogen and oxygen atoms in total. The van der Waals surface area contributed by atoms with Crippen molar-refractivity contribution in [1.29, 1.82) is 0 Å². The quantitative estimate of drug-likeness (QED) is 0.148. The summed E-state index contributed by atoms with van der Waals surface area (Å²) in [7, 11) is 3.28. The van der Waals surface area contributed by atoms with Gasteiger partial charge in [0.2, 0.25) is 0 Å². The third kappa shape index (κ3) is 6.14. The molecule has 1 atom stereocenters. The van der Waals surface area contributed by atoms with Gasteiger partial charge in [-0.1, -0.05) is 35.6 Å². The van der Waals surface area contributed by atoms with Crippen molar-refractivity contribution < 1.29 is 28.1 Å². The number of hydrogen-bond donors (Lipinski definition) is 0. The van der Waals surface area contributed by atoms with E-state index >= 15 is 0 Å². The summed E-state index contributed by atoms with van der Waals surface area (Å²) in [5.74, 6) is 1.97. The van der Waals surface area contributed by atoms with Crippen LogP contribution in [0.5, 0.6) is 16.6 Å². The van der Waals surface area contributed by atoms with Gasteiger partial charge >= 0.3 is 0 Å². The van der Waals surface area contributed by atoms with E-state index < -0.39 is 0 Å². The maximum Gasteiger partial charge on any atom is 0.197 e. The van der Waals surface area contributed by atoms with E-state index in [4.69, 9.17) is 38.1 Å². The van der Waals surface area contributed by atoms with E-state index in [1.54, 1.807) is 14.2 Å². The second kappa shape index (κ2) is 12.7. The zero-order valence-corrected chi connectivity index (χ0v) is 25.5. The first-order valence-electron chi connectivity index (χ1n) is 14.7. The number of furan rings is 1. The van der Waals surface area contributed by atoms with Gasteiger partial charge in [-0.15, -0.1) is 0 Å². The van der Waals surface area contributed by atoms with E-state index in [-0.39, 0.29) is 6.29 Å². The molecule has 1 fully saturated rings.